The van der Waals surface area contributed by atoms with Crippen LogP contribution in [0.3, 0.4) is 0 Å². The molecule has 16 heteroatoms. The summed E-state index contributed by atoms with van der Waals surface area (Å²) < 4.78 is 74.2. The molecule has 1 saturated heterocycles. The number of amides is 3. The highest BCUT2D eigenvalue weighted by Gasteiger charge is 2.41. The Kier molecular flexibility index (Phi) is 10.4. The second kappa shape index (κ2) is 14.0. The van der Waals surface area contributed by atoms with Gasteiger partial charge in [0.1, 0.15) is 23.4 Å². The zero-order chi connectivity index (χ0) is 32.9. The lowest BCUT2D eigenvalue weighted by atomic mass is 10.1. The summed E-state index contributed by atoms with van der Waals surface area (Å²) in [6.45, 7) is -2.28. The molecule has 0 radical (unpaired) electrons. The van der Waals surface area contributed by atoms with Gasteiger partial charge in [-0.05, 0) is 61.5 Å². The zero-order valence-corrected chi connectivity index (χ0v) is 24.4. The van der Waals surface area contributed by atoms with Gasteiger partial charge in [0.25, 0.3) is 5.91 Å². The van der Waals surface area contributed by atoms with Crippen LogP contribution in [0.1, 0.15) is 45.7 Å². The SMILES string of the molecule is CC(NC(=O)[C@@H]1C[C@@H](OC(F)F)CN1C(=O)CNC(=O)c1ccc(Oc2ccc(C(F)(F)F)cc2)cc1)c1cc(C(=N)N)cs1. The highest BCUT2D eigenvalue weighted by molar-refractivity contribution is 7.10. The summed E-state index contributed by atoms with van der Waals surface area (Å²) >= 11 is 1.27. The maximum Gasteiger partial charge on any atom is 0.416 e. The molecule has 240 valence electrons. The quantitative estimate of drug-likeness (QED) is 0.135. The van der Waals surface area contributed by atoms with E-state index in [4.69, 9.17) is 15.9 Å². The van der Waals surface area contributed by atoms with E-state index in [0.717, 1.165) is 29.2 Å². The van der Waals surface area contributed by atoms with E-state index < -0.39 is 60.8 Å². The largest absolute Gasteiger partial charge is 0.457 e. The summed E-state index contributed by atoms with van der Waals surface area (Å²) in [7, 11) is 0. The summed E-state index contributed by atoms with van der Waals surface area (Å²) in [4.78, 5) is 40.7. The van der Waals surface area contributed by atoms with Crippen LogP contribution in [0.4, 0.5) is 22.0 Å². The fourth-order valence-electron chi connectivity index (χ4n) is 4.55. The molecular formula is C29H28F5N5O5S. The number of nitrogens with one attached hydrogen (secondary N) is 3. The maximum absolute atomic E-state index is 13.1. The summed E-state index contributed by atoms with van der Waals surface area (Å²) in [6.07, 6.45) is -5.78. The molecule has 1 unspecified atom stereocenters. The van der Waals surface area contributed by atoms with Crippen LogP contribution in [0.25, 0.3) is 0 Å². The van der Waals surface area contributed by atoms with E-state index in [9.17, 15) is 36.3 Å². The third-order valence-corrected chi connectivity index (χ3v) is 7.95. The molecule has 45 heavy (non-hydrogen) atoms. The Morgan fingerprint density at radius 2 is 1.69 bits per heavy atom. The standard InChI is InChI=1S/C29H28F5N5O5S/c1-15(23-10-17(14-45-23)25(35)36)38-27(42)22-11-21(44-28(30)31)13-39(22)24(40)12-37-26(41)16-2-6-19(7-3-16)43-20-8-4-18(5-9-20)29(32,33)34/h2-10,14-15,21-22,28H,11-13H2,1H3,(H3,35,36)(H,37,41)(H,38,42)/t15?,21-,22+/m1/s1. The molecule has 0 bridgehead atoms. The molecule has 4 rings (SSSR count). The van der Waals surface area contributed by atoms with Crippen LogP contribution in [-0.4, -0.2) is 60.3 Å². The summed E-state index contributed by atoms with van der Waals surface area (Å²) in [5, 5.41) is 14.4. The maximum atomic E-state index is 13.1. The highest BCUT2D eigenvalue weighted by Crippen LogP contribution is 2.31. The van der Waals surface area contributed by atoms with E-state index in [1.54, 1.807) is 18.4 Å². The van der Waals surface area contributed by atoms with Crippen LogP contribution in [0.2, 0.25) is 0 Å². The van der Waals surface area contributed by atoms with Gasteiger partial charge in [0.15, 0.2) is 0 Å². The first-order valence-corrected chi connectivity index (χ1v) is 14.3. The lowest BCUT2D eigenvalue weighted by molar-refractivity contribution is -0.160. The number of nitrogens with zero attached hydrogens (tertiary/aromatic N) is 1. The molecule has 5 N–H and O–H groups in total. The second-order valence-electron chi connectivity index (χ2n) is 10.0. The molecule has 0 saturated carbocycles. The number of benzene rings is 2. The van der Waals surface area contributed by atoms with Gasteiger partial charge in [0, 0.05) is 34.3 Å². The van der Waals surface area contributed by atoms with E-state index in [1.807, 2.05) is 0 Å². The fourth-order valence-corrected chi connectivity index (χ4v) is 5.47. The molecule has 3 atom stereocenters. The molecule has 1 aliphatic heterocycles. The first-order valence-electron chi connectivity index (χ1n) is 13.4. The van der Waals surface area contributed by atoms with Crippen molar-refractivity contribution in [2.24, 2.45) is 5.73 Å². The number of thiophene rings is 1. The molecule has 1 aromatic heterocycles. The van der Waals surface area contributed by atoms with Gasteiger partial charge in [-0.2, -0.15) is 22.0 Å². The minimum atomic E-state index is -4.48. The Bertz CT molecular complexity index is 1530. The first-order chi connectivity index (χ1) is 21.2. The van der Waals surface area contributed by atoms with Crippen LogP contribution in [0, 0.1) is 5.41 Å². The van der Waals surface area contributed by atoms with Crippen LogP contribution in [-0.2, 0) is 20.5 Å². The van der Waals surface area contributed by atoms with E-state index >= 15 is 0 Å². The third-order valence-electron chi connectivity index (χ3n) is 6.83. The van der Waals surface area contributed by atoms with Gasteiger partial charge in [-0.25, -0.2) is 0 Å². The molecule has 10 nitrogen and oxygen atoms in total. The monoisotopic (exact) mass is 653 g/mol. The molecule has 2 aromatic carbocycles. The number of likely N-dealkylation sites (tertiary alicyclic amines) is 1. The molecule has 1 aliphatic rings. The molecule has 3 aromatic rings. The van der Waals surface area contributed by atoms with E-state index in [-0.39, 0.29) is 35.9 Å². The predicted octanol–water partition coefficient (Wildman–Crippen LogP) is 4.66. The van der Waals surface area contributed by atoms with Gasteiger partial charge in [0.05, 0.1) is 24.3 Å². The molecule has 1 fully saturated rings. The van der Waals surface area contributed by atoms with E-state index in [0.29, 0.717) is 10.4 Å². The highest BCUT2D eigenvalue weighted by atomic mass is 32.1. The molecule has 0 spiro atoms. The van der Waals surface area contributed by atoms with Crippen molar-refractivity contribution in [2.45, 2.75) is 44.3 Å². The lowest BCUT2D eigenvalue weighted by Gasteiger charge is -2.25. The number of hydrogen-bond donors (Lipinski definition) is 4. The number of halogens is 5. The van der Waals surface area contributed by atoms with Crippen molar-refractivity contribution in [1.29, 1.82) is 5.41 Å². The zero-order valence-electron chi connectivity index (χ0n) is 23.6. The smallest absolute Gasteiger partial charge is 0.416 e. The molecule has 2 heterocycles. The number of nitrogen functional groups attached to an aromatic ring is 1. The van der Waals surface area contributed by atoms with Crippen LogP contribution in [0.15, 0.2) is 60.0 Å². The third kappa shape index (κ3) is 8.76. The Hall–Kier alpha value is -4.57. The van der Waals surface area contributed by atoms with Crippen LogP contribution < -0.4 is 21.1 Å². The summed E-state index contributed by atoms with van der Waals surface area (Å²) in [5.74, 6) is -1.71. The molecule has 0 aliphatic carbocycles. The minimum absolute atomic E-state index is 0.131. The number of carbonyl (C=O) groups excluding carboxylic acids is 3. The fraction of sp³-hybridized carbons (Fsp3) is 0.310. The number of nitrogens with two attached hydrogens (primary N) is 1. The minimum Gasteiger partial charge on any atom is -0.457 e. The number of hydrogen-bond acceptors (Lipinski definition) is 7. The number of amidine groups is 1. The topological polar surface area (TPSA) is 147 Å². The second-order valence-corrected chi connectivity index (χ2v) is 11.0. The van der Waals surface area contributed by atoms with Gasteiger partial charge >= 0.3 is 12.8 Å². The van der Waals surface area contributed by atoms with Crippen LogP contribution in [0.5, 0.6) is 11.5 Å². The van der Waals surface area contributed by atoms with Gasteiger partial charge in [0.2, 0.25) is 11.8 Å². The van der Waals surface area contributed by atoms with Crippen molar-refractivity contribution >= 4 is 34.9 Å². The van der Waals surface area contributed by atoms with E-state index in [1.165, 1.54) is 35.6 Å². The van der Waals surface area contributed by atoms with E-state index in [2.05, 4.69) is 15.4 Å². The lowest BCUT2D eigenvalue weighted by Crippen LogP contribution is -2.49. The number of carbonyl (C=O) groups is 3. The van der Waals surface area contributed by atoms with Gasteiger partial charge in [-0.3, -0.25) is 19.8 Å². The first kappa shape index (κ1) is 33.3. The normalized spacial score (nSPS) is 17.2. The van der Waals surface area contributed by atoms with Crippen molar-refractivity contribution < 1.29 is 45.8 Å². The van der Waals surface area contributed by atoms with Gasteiger partial charge in [-0.1, -0.05) is 0 Å². The average Bonchev–Trinajstić information content (AvgIpc) is 3.64. The summed E-state index contributed by atoms with van der Waals surface area (Å²) in [6, 6.07) is 9.61. The Labute approximate surface area is 257 Å². The predicted molar refractivity (Wildman–Crippen MR) is 153 cm³/mol. The Balaban J connectivity index is 1.35. The molecular weight excluding hydrogens is 625 g/mol. The number of ether oxygens (including phenoxy) is 2. The van der Waals surface area contributed by atoms with Crippen molar-refractivity contribution in [2.75, 3.05) is 13.1 Å². The van der Waals surface area contributed by atoms with Crippen molar-refractivity contribution in [1.82, 2.24) is 15.5 Å². The van der Waals surface area contributed by atoms with Gasteiger partial charge < -0.3 is 30.7 Å². The van der Waals surface area contributed by atoms with Gasteiger partial charge in [-0.15, -0.1) is 11.3 Å². The summed E-state index contributed by atoms with van der Waals surface area (Å²) in [5.41, 5.74) is 5.28. The van der Waals surface area contributed by atoms with Crippen LogP contribution >= 0.6 is 11.3 Å². The van der Waals surface area contributed by atoms with Crippen molar-refractivity contribution in [3.05, 3.63) is 81.5 Å². The number of rotatable bonds is 11. The average molecular weight is 654 g/mol. The molecule has 3 amide bonds. The Morgan fingerprint density at radius 1 is 1.07 bits per heavy atom. The Morgan fingerprint density at radius 3 is 2.24 bits per heavy atom. The van der Waals surface area contributed by atoms with Crippen molar-refractivity contribution in [3.8, 4) is 11.5 Å². The number of alkyl halides is 5. The van der Waals surface area contributed by atoms with Crippen molar-refractivity contribution in [3.63, 3.8) is 0 Å².